The number of hydrogen-bond acceptors (Lipinski definition) is 5. The third-order valence-corrected chi connectivity index (χ3v) is 3.17. The molecule has 3 N–H and O–H groups in total. The molecule has 0 fully saturated rings. The van der Waals surface area contributed by atoms with Gasteiger partial charge >= 0.3 is 5.97 Å². The summed E-state index contributed by atoms with van der Waals surface area (Å²) in [7, 11) is 0. The highest BCUT2D eigenvalue weighted by molar-refractivity contribution is 5.95. The zero-order chi connectivity index (χ0) is 18.2. The molecule has 0 saturated carbocycles. The monoisotopic (exact) mass is 342 g/mol. The van der Waals surface area contributed by atoms with Gasteiger partial charge in [-0.25, -0.2) is 4.79 Å². The first-order valence-corrected chi connectivity index (χ1v) is 7.59. The number of carbonyl (C=O) groups is 3. The van der Waals surface area contributed by atoms with Crippen LogP contribution in [0.2, 0.25) is 0 Å². The molecule has 0 aliphatic heterocycles. The van der Waals surface area contributed by atoms with Gasteiger partial charge < -0.3 is 20.5 Å². The summed E-state index contributed by atoms with van der Waals surface area (Å²) in [5.74, 6) is -0.993. The molecule has 0 unspecified atom stereocenters. The second-order valence-electron chi connectivity index (χ2n) is 5.03. The van der Waals surface area contributed by atoms with E-state index in [-0.39, 0.29) is 19.1 Å². The minimum Gasteiger partial charge on any atom is -0.484 e. The molecule has 7 nitrogen and oxygen atoms in total. The molecule has 2 rings (SSSR count). The highest BCUT2D eigenvalue weighted by atomic mass is 16.5. The first-order chi connectivity index (χ1) is 12.0. The lowest BCUT2D eigenvalue weighted by atomic mass is 10.2. The molecule has 25 heavy (non-hydrogen) atoms. The number of amides is 2. The number of esters is 1. The van der Waals surface area contributed by atoms with Gasteiger partial charge in [-0.2, -0.15) is 0 Å². The fourth-order valence-electron chi connectivity index (χ4n) is 1.99. The van der Waals surface area contributed by atoms with Gasteiger partial charge in [0.2, 0.25) is 5.91 Å². The summed E-state index contributed by atoms with van der Waals surface area (Å²) in [6.45, 7) is 1.77. The van der Waals surface area contributed by atoms with Crippen molar-refractivity contribution >= 4 is 23.5 Å². The van der Waals surface area contributed by atoms with Gasteiger partial charge in [0, 0.05) is 11.3 Å². The van der Waals surface area contributed by atoms with Crippen molar-refractivity contribution in [2.45, 2.75) is 6.92 Å². The minimum absolute atomic E-state index is 0.232. The maximum Gasteiger partial charge on any atom is 0.338 e. The van der Waals surface area contributed by atoms with Crippen molar-refractivity contribution in [1.82, 2.24) is 0 Å². The van der Waals surface area contributed by atoms with Gasteiger partial charge in [-0.15, -0.1) is 0 Å². The van der Waals surface area contributed by atoms with Crippen LogP contribution in [0.25, 0.3) is 0 Å². The lowest BCUT2D eigenvalue weighted by Gasteiger charge is -2.09. The summed E-state index contributed by atoms with van der Waals surface area (Å²) in [6, 6.07) is 12.6. The number of primary amides is 1. The normalized spacial score (nSPS) is 9.96. The lowest BCUT2D eigenvalue weighted by Crippen LogP contribution is -2.20. The van der Waals surface area contributed by atoms with Crippen LogP contribution < -0.4 is 15.8 Å². The van der Waals surface area contributed by atoms with Crippen LogP contribution in [-0.4, -0.2) is 31.0 Å². The van der Waals surface area contributed by atoms with Crippen LogP contribution in [0.4, 0.5) is 5.69 Å². The highest BCUT2D eigenvalue weighted by Crippen LogP contribution is 2.15. The molecule has 0 aliphatic rings. The van der Waals surface area contributed by atoms with Gasteiger partial charge in [0.05, 0.1) is 12.2 Å². The molecule has 7 heteroatoms. The summed E-state index contributed by atoms with van der Waals surface area (Å²) in [4.78, 5) is 34.6. The Kier molecular flexibility index (Phi) is 6.11. The van der Waals surface area contributed by atoms with Crippen molar-refractivity contribution in [2.75, 3.05) is 18.5 Å². The summed E-state index contributed by atoms with van der Waals surface area (Å²) in [5, 5.41) is 2.63. The molecule has 0 heterocycles. The Hall–Kier alpha value is -3.35. The number of anilines is 1. The second-order valence-corrected chi connectivity index (χ2v) is 5.03. The van der Waals surface area contributed by atoms with Crippen LogP contribution in [0.5, 0.6) is 5.75 Å². The number of carbonyl (C=O) groups excluding carboxylic acids is 3. The van der Waals surface area contributed by atoms with Gasteiger partial charge in [0.1, 0.15) is 5.75 Å². The molecule has 0 bridgehead atoms. The molecule has 0 aliphatic carbocycles. The van der Waals surface area contributed by atoms with Crippen LogP contribution in [0.3, 0.4) is 0 Å². The third-order valence-electron chi connectivity index (χ3n) is 3.17. The first-order valence-electron chi connectivity index (χ1n) is 7.59. The van der Waals surface area contributed by atoms with Crippen molar-refractivity contribution in [1.29, 1.82) is 0 Å². The molecule has 0 saturated heterocycles. The van der Waals surface area contributed by atoms with Gasteiger partial charge in [-0.3, -0.25) is 9.59 Å². The van der Waals surface area contributed by atoms with Crippen molar-refractivity contribution in [3.8, 4) is 5.75 Å². The predicted molar refractivity (Wildman–Crippen MR) is 91.5 cm³/mol. The van der Waals surface area contributed by atoms with Crippen LogP contribution >= 0.6 is 0 Å². The Balaban J connectivity index is 1.90. The minimum atomic E-state index is -0.539. The van der Waals surface area contributed by atoms with E-state index >= 15 is 0 Å². The quantitative estimate of drug-likeness (QED) is 0.748. The van der Waals surface area contributed by atoms with Gasteiger partial charge in [-0.05, 0) is 49.4 Å². The molecular formula is C18H18N2O5. The fraction of sp³-hybridized carbons (Fsp3) is 0.167. The summed E-state index contributed by atoms with van der Waals surface area (Å²) in [5.41, 5.74) is 6.36. The number of nitrogens with one attached hydrogen (secondary N) is 1. The summed E-state index contributed by atoms with van der Waals surface area (Å²) in [6.07, 6.45) is 0. The number of rotatable bonds is 7. The van der Waals surface area contributed by atoms with Gasteiger partial charge in [0.25, 0.3) is 5.91 Å². The molecular weight excluding hydrogens is 324 g/mol. The first kappa shape index (κ1) is 18.0. The summed E-state index contributed by atoms with van der Waals surface area (Å²) >= 11 is 0. The lowest BCUT2D eigenvalue weighted by molar-refractivity contribution is -0.118. The Morgan fingerprint density at radius 3 is 2.40 bits per heavy atom. The van der Waals surface area contributed by atoms with E-state index in [0.717, 1.165) is 0 Å². The molecule has 0 spiro atoms. The Morgan fingerprint density at radius 1 is 1.04 bits per heavy atom. The smallest absolute Gasteiger partial charge is 0.338 e. The number of nitrogens with two attached hydrogens (primary N) is 1. The van der Waals surface area contributed by atoms with E-state index in [1.54, 1.807) is 37.3 Å². The van der Waals surface area contributed by atoms with Crippen LogP contribution in [-0.2, 0) is 9.53 Å². The zero-order valence-electron chi connectivity index (χ0n) is 13.7. The van der Waals surface area contributed by atoms with E-state index in [1.165, 1.54) is 18.2 Å². The maximum atomic E-state index is 11.9. The SMILES string of the molecule is CCOC(=O)c1cccc(OCC(=O)Nc2ccc(C(N)=O)cc2)c1. The van der Waals surface area contributed by atoms with Crippen molar-refractivity contribution in [3.63, 3.8) is 0 Å². The number of ether oxygens (including phenoxy) is 2. The number of benzene rings is 2. The topological polar surface area (TPSA) is 108 Å². The molecule has 2 aromatic carbocycles. The summed E-state index contributed by atoms with van der Waals surface area (Å²) < 4.78 is 10.3. The zero-order valence-corrected chi connectivity index (χ0v) is 13.7. The van der Waals surface area contributed by atoms with E-state index < -0.39 is 11.9 Å². The number of hydrogen-bond donors (Lipinski definition) is 2. The molecule has 2 aromatic rings. The van der Waals surface area contributed by atoms with Crippen LogP contribution in [0, 0.1) is 0 Å². The molecule has 2 amide bonds. The van der Waals surface area contributed by atoms with Gasteiger partial charge in [0.15, 0.2) is 6.61 Å². The average Bonchev–Trinajstić information content (AvgIpc) is 2.61. The highest BCUT2D eigenvalue weighted by Gasteiger charge is 2.09. The average molecular weight is 342 g/mol. The van der Waals surface area contributed by atoms with Crippen molar-refractivity contribution < 1.29 is 23.9 Å². The fourth-order valence-corrected chi connectivity index (χ4v) is 1.99. The maximum absolute atomic E-state index is 11.9. The van der Waals surface area contributed by atoms with Crippen LogP contribution in [0.1, 0.15) is 27.6 Å². The standard InChI is InChI=1S/C18H18N2O5/c1-2-24-18(23)13-4-3-5-15(10-13)25-11-16(21)20-14-8-6-12(7-9-14)17(19)22/h3-10H,2,11H2,1H3,(H2,19,22)(H,20,21). The van der Waals surface area contributed by atoms with E-state index in [2.05, 4.69) is 5.32 Å². The van der Waals surface area contributed by atoms with E-state index in [4.69, 9.17) is 15.2 Å². The van der Waals surface area contributed by atoms with Gasteiger partial charge in [-0.1, -0.05) is 6.07 Å². The molecule has 130 valence electrons. The third kappa shape index (κ3) is 5.35. The van der Waals surface area contributed by atoms with E-state index in [1.807, 2.05) is 0 Å². The Morgan fingerprint density at radius 2 is 1.76 bits per heavy atom. The van der Waals surface area contributed by atoms with E-state index in [0.29, 0.717) is 22.6 Å². The van der Waals surface area contributed by atoms with Crippen LogP contribution in [0.15, 0.2) is 48.5 Å². The Bertz CT molecular complexity index is 771. The van der Waals surface area contributed by atoms with Crippen molar-refractivity contribution in [3.05, 3.63) is 59.7 Å². The van der Waals surface area contributed by atoms with Crippen molar-refractivity contribution in [2.24, 2.45) is 5.73 Å². The molecule has 0 atom stereocenters. The molecule has 0 radical (unpaired) electrons. The van der Waals surface area contributed by atoms with E-state index in [9.17, 15) is 14.4 Å². The molecule has 0 aromatic heterocycles. The second kappa shape index (κ2) is 8.49. The largest absolute Gasteiger partial charge is 0.484 e. The Labute approximate surface area is 144 Å². The predicted octanol–water partition coefficient (Wildman–Crippen LogP) is 1.98.